The average Bonchev–Trinajstić information content (AvgIpc) is 2.81. The lowest BCUT2D eigenvalue weighted by Crippen LogP contribution is -2.30. The highest BCUT2D eigenvalue weighted by atomic mass is 16.5. The van der Waals surface area contributed by atoms with Crippen LogP contribution in [-0.4, -0.2) is 32.3 Å². The van der Waals surface area contributed by atoms with E-state index in [0.717, 1.165) is 5.56 Å². The second-order valence-electron chi connectivity index (χ2n) is 3.74. The Labute approximate surface area is 104 Å². The van der Waals surface area contributed by atoms with E-state index in [-0.39, 0.29) is 6.04 Å². The van der Waals surface area contributed by atoms with Gasteiger partial charge >= 0.3 is 0 Å². The first kappa shape index (κ1) is 12.4. The maximum Gasteiger partial charge on any atom is 0.176 e. The van der Waals surface area contributed by atoms with Crippen LogP contribution >= 0.6 is 0 Å². The predicted octanol–water partition coefficient (Wildman–Crippen LogP) is -0.639. The molecule has 1 unspecified atom stereocenters. The summed E-state index contributed by atoms with van der Waals surface area (Å²) in [7, 11) is 3.31. The fourth-order valence-corrected chi connectivity index (χ4v) is 1.70. The monoisotopic (exact) mass is 249 g/mol. The van der Waals surface area contributed by atoms with E-state index >= 15 is 0 Å². The number of aryl methyl sites for hydroxylation is 1. The van der Waals surface area contributed by atoms with Crippen molar-refractivity contribution in [3.05, 3.63) is 29.8 Å². The van der Waals surface area contributed by atoms with Crippen molar-refractivity contribution >= 4 is 0 Å². The van der Waals surface area contributed by atoms with Crippen LogP contribution < -0.4 is 16.0 Å². The summed E-state index contributed by atoms with van der Waals surface area (Å²) in [4.78, 5) is 5.41. The number of nitrogens with two attached hydrogens (primary N) is 1. The van der Waals surface area contributed by atoms with E-state index in [9.17, 15) is 0 Å². The molecule has 8 heteroatoms. The van der Waals surface area contributed by atoms with Crippen LogP contribution in [0.4, 0.5) is 0 Å². The lowest BCUT2D eigenvalue weighted by molar-refractivity contribution is 0.396. The van der Waals surface area contributed by atoms with Gasteiger partial charge < -0.3 is 4.74 Å². The highest BCUT2D eigenvalue weighted by Crippen LogP contribution is 2.24. The molecule has 0 radical (unpaired) electrons. The molecule has 0 aliphatic rings. The van der Waals surface area contributed by atoms with Crippen LogP contribution in [0.5, 0.6) is 5.75 Å². The lowest BCUT2D eigenvalue weighted by Gasteiger charge is -2.16. The number of hydrogen-bond donors (Lipinski definition) is 2. The van der Waals surface area contributed by atoms with Crippen LogP contribution in [0.1, 0.15) is 17.4 Å². The first-order valence-electron chi connectivity index (χ1n) is 5.41. The van der Waals surface area contributed by atoms with Crippen LogP contribution in [0.15, 0.2) is 18.5 Å². The van der Waals surface area contributed by atoms with Gasteiger partial charge in [0.2, 0.25) is 0 Å². The Kier molecular flexibility index (Phi) is 3.80. The molecule has 0 spiro atoms. The van der Waals surface area contributed by atoms with Gasteiger partial charge in [-0.2, -0.15) is 4.80 Å². The Morgan fingerprint density at radius 2 is 2.39 bits per heavy atom. The van der Waals surface area contributed by atoms with Gasteiger partial charge in [-0.05, 0) is 11.3 Å². The molecule has 2 aromatic heterocycles. The summed E-state index contributed by atoms with van der Waals surface area (Å²) in [6.07, 6.45) is 3.85. The molecule has 0 amide bonds. The smallest absolute Gasteiger partial charge is 0.176 e. The third kappa shape index (κ3) is 2.60. The van der Waals surface area contributed by atoms with Gasteiger partial charge in [0.1, 0.15) is 5.75 Å². The van der Waals surface area contributed by atoms with Gasteiger partial charge in [-0.15, -0.1) is 10.2 Å². The van der Waals surface area contributed by atoms with Crippen molar-refractivity contribution in [2.24, 2.45) is 12.9 Å². The SMILES string of the molecule is COc1cnccc1C(Cc1nnn(C)n1)NN. The molecule has 2 aromatic rings. The number of hydrazine groups is 1. The van der Waals surface area contributed by atoms with E-state index < -0.39 is 0 Å². The Bertz CT molecular complexity index is 512. The summed E-state index contributed by atoms with van der Waals surface area (Å²) in [6, 6.07) is 1.69. The maximum atomic E-state index is 5.57. The van der Waals surface area contributed by atoms with Gasteiger partial charge in [-0.25, -0.2) is 0 Å². The standard InChI is InChI=1S/C10H15N7O/c1-17-15-10(14-16-17)5-8(13-11)7-3-4-12-6-9(7)18-2/h3-4,6,8,13H,5,11H2,1-2H3. The number of aromatic nitrogens is 5. The second kappa shape index (κ2) is 5.52. The van der Waals surface area contributed by atoms with Crippen molar-refractivity contribution in [3.63, 3.8) is 0 Å². The molecular formula is C10H15N7O. The Hall–Kier alpha value is -2.06. The van der Waals surface area contributed by atoms with Crippen molar-refractivity contribution in [3.8, 4) is 5.75 Å². The van der Waals surface area contributed by atoms with Crippen molar-refractivity contribution in [2.75, 3.05) is 7.11 Å². The van der Waals surface area contributed by atoms with Crippen LogP contribution in [0.25, 0.3) is 0 Å². The number of rotatable bonds is 5. The summed E-state index contributed by atoms with van der Waals surface area (Å²) in [5, 5.41) is 11.8. The minimum Gasteiger partial charge on any atom is -0.495 e. The number of methoxy groups -OCH3 is 1. The van der Waals surface area contributed by atoms with Gasteiger partial charge in [0, 0.05) is 18.2 Å². The molecule has 0 aliphatic carbocycles. The number of ether oxygens (including phenoxy) is 1. The molecule has 0 bridgehead atoms. The molecule has 8 nitrogen and oxygen atoms in total. The van der Waals surface area contributed by atoms with Crippen LogP contribution in [0.2, 0.25) is 0 Å². The molecule has 0 aromatic carbocycles. The summed E-state index contributed by atoms with van der Waals surface area (Å²) < 4.78 is 5.25. The van der Waals surface area contributed by atoms with Crippen molar-refractivity contribution in [1.29, 1.82) is 0 Å². The maximum absolute atomic E-state index is 5.57. The zero-order valence-corrected chi connectivity index (χ0v) is 10.2. The molecule has 0 fully saturated rings. The van der Waals surface area contributed by atoms with Crippen molar-refractivity contribution < 1.29 is 4.74 Å². The summed E-state index contributed by atoms with van der Waals surface area (Å²) in [6.45, 7) is 0. The van der Waals surface area contributed by atoms with Gasteiger partial charge in [-0.1, -0.05) is 0 Å². The van der Waals surface area contributed by atoms with Gasteiger partial charge in [0.15, 0.2) is 5.82 Å². The van der Waals surface area contributed by atoms with Crippen LogP contribution in [0.3, 0.4) is 0 Å². The molecule has 3 N–H and O–H groups in total. The van der Waals surface area contributed by atoms with E-state index in [1.165, 1.54) is 4.80 Å². The molecule has 0 aliphatic heterocycles. The highest BCUT2D eigenvalue weighted by Gasteiger charge is 2.17. The average molecular weight is 249 g/mol. The molecule has 2 rings (SSSR count). The first-order chi connectivity index (χ1) is 8.74. The van der Waals surface area contributed by atoms with E-state index in [2.05, 4.69) is 25.8 Å². The summed E-state index contributed by atoms with van der Waals surface area (Å²) in [5.41, 5.74) is 3.63. The fraction of sp³-hybridized carbons (Fsp3) is 0.400. The van der Waals surface area contributed by atoms with Crippen molar-refractivity contribution in [1.82, 2.24) is 30.6 Å². The molecule has 2 heterocycles. The van der Waals surface area contributed by atoms with E-state index in [0.29, 0.717) is 18.0 Å². The fourth-order valence-electron chi connectivity index (χ4n) is 1.70. The topological polar surface area (TPSA) is 104 Å². The molecule has 0 saturated heterocycles. The number of pyridine rings is 1. The first-order valence-corrected chi connectivity index (χ1v) is 5.41. The van der Waals surface area contributed by atoms with Crippen LogP contribution in [0, 0.1) is 0 Å². The zero-order chi connectivity index (χ0) is 13.0. The highest BCUT2D eigenvalue weighted by molar-refractivity contribution is 5.33. The predicted molar refractivity (Wildman–Crippen MR) is 63.4 cm³/mol. The third-order valence-corrected chi connectivity index (χ3v) is 2.55. The molecule has 96 valence electrons. The van der Waals surface area contributed by atoms with Gasteiger partial charge in [0.25, 0.3) is 0 Å². The minimum absolute atomic E-state index is 0.160. The Morgan fingerprint density at radius 3 is 3.00 bits per heavy atom. The van der Waals surface area contributed by atoms with Crippen molar-refractivity contribution in [2.45, 2.75) is 12.5 Å². The van der Waals surface area contributed by atoms with Gasteiger partial charge in [-0.3, -0.25) is 16.3 Å². The second-order valence-corrected chi connectivity index (χ2v) is 3.74. The Balaban J connectivity index is 2.22. The minimum atomic E-state index is -0.160. The van der Waals surface area contributed by atoms with E-state index in [4.69, 9.17) is 10.6 Å². The summed E-state index contributed by atoms with van der Waals surface area (Å²) in [5.74, 6) is 6.86. The number of tetrazole rings is 1. The molecule has 0 saturated carbocycles. The largest absolute Gasteiger partial charge is 0.495 e. The number of nitrogens with one attached hydrogen (secondary N) is 1. The third-order valence-electron chi connectivity index (χ3n) is 2.55. The molecule has 18 heavy (non-hydrogen) atoms. The zero-order valence-electron chi connectivity index (χ0n) is 10.2. The normalized spacial score (nSPS) is 12.4. The molecule has 1 atom stereocenters. The quantitative estimate of drug-likeness (QED) is 0.536. The molecular weight excluding hydrogens is 234 g/mol. The lowest BCUT2D eigenvalue weighted by atomic mass is 10.0. The summed E-state index contributed by atoms with van der Waals surface area (Å²) >= 11 is 0. The number of nitrogens with zero attached hydrogens (tertiary/aromatic N) is 5. The van der Waals surface area contributed by atoms with E-state index in [1.807, 2.05) is 6.07 Å². The number of hydrogen-bond acceptors (Lipinski definition) is 7. The van der Waals surface area contributed by atoms with Crippen LogP contribution in [-0.2, 0) is 13.5 Å². The van der Waals surface area contributed by atoms with E-state index in [1.54, 1.807) is 26.6 Å². The van der Waals surface area contributed by atoms with Gasteiger partial charge in [0.05, 0.1) is 26.4 Å². The Morgan fingerprint density at radius 1 is 1.56 bits per heavy atom.